The van der Waals surface area contributed by atoms with Crippen LogP contribution in [0.25, 0.3) is 10.9 Å². The Hall–Kier alpha value is -1.32. The van der Waals surface area contributed by atoms with Gasteiger partial charge in [0.05, 0.1) is 0 Å². The summed E-state index contributed by atoms with van der Waals surface area (Å²) in [5.41, 5.74) is 8.37. The third-order valence-electron chi connectivity index (χ3n) is 3.87. The minimum Gasteiger partial charge on any atom is -0.361 e. The van der Waals surface area contributed by atoms with E-state index in [0.717, 1.165) is 19.5 Å². The van der Waals surface area contributed by atoms with Gasteiger partial charge in [0.1, 0.15) is 0 Å². The number of aromatic amines is 1. The molecule has 0 saturated heterocycles. The van der Waals surface area contributed by atoms with Crippen LogP contribution in [0.4, 0.5) is 0 Å². The number of hydrogen-bond acceptors (Lipinski definition) is 2. The molecule has 3 N–H and O–H groups in total. The fourth-order valence-corrected chi connectivity index (χ4v) is 2.28. The Morgan fingerprint density at radius 2 is 2.00 bits per heavy atom. The molecule has 0 radical (unpaired) electrons. The highest BCUT2D eigenvalue weighted by Crippen LogP contribution is 2.23. The predicted octanol–water partition coefficient (Wildman–Crippen LogP) is 2.73. The van der Waals surface area contributed by atoms with Crippen molar-refractivity contribution in [3.05, 3.63) is 36.0 Å². The summed E-state index contributed by atoms with van der Waals surface area (Å²) in [7, 11) is 2.16. The van der Waals surface area contributed by atoms with E-state index >= 15 is 0 Å². The van der Waals surface area contributed by atoms with Gasteiger partial charge >= 0.3 is 0 Å². The van der Waals surface area contributed by atoms with E-state index in [2.05, 4.69) is 61.2 Å². The van der Waals surface area contributed by atoms with Crippen molar-refractivity contribution in [1.82, 2.24) is 9.88 Å². The van der Waals surface area contributed by atoms with Crippen LogP contribution < -0.4 is 5.73 Å². The van der Waals surface area contributed by atoms with Crippen LogP contribution in [0, 0.1) is 0 Å². The average molecular weight is 245 g/mol. The molecule has 0 bridgehead atoms. The molecule has 0 amide bonds. The topological polar surface area (TPSA) is 45.0 Å². The smallest absolute Gasteiger partial charge is 0.0457 e. The lowest BCUT2D eigenvalue weighted by molar-refractivity contribution is 0.140. The van der Waals surface area contributed by atoms with Crippen molar-refractivity contribution < 1.29 is 0 Å². The highest BCUT2D eigenvalue weighted by atomic mass is 15.2. The van der Waals surface area contributed by atoms with Gasteiger partial charge in [0, 0.05) is 29.2 Å². The fourth-order valence-electron chi connectivity index (χ4n) is 2.28. The van der Waals surface area contributed by atoms with Gasteiger partial charge in [0.2, 0.25) is 0 Å². The lowest BCUT2D eigenvalue weighted by atomic mass is 9.98. The third kappa shape index (κ3) is 2.57. The van der Waals surface area contributed by atoms with Crippen molar-refractivity contribution in [2.24, 2.45) is 5.73 Å². The number of aromatic nitrogens is 1. The van der Waals surface area contributed by atoms with Gasteiger partial charge in [-0.05, 0) is 45.5 Å². The van der Waals surface area contributed by atoms with E-state index < -0.39 is 0 Å². The lowest BCUT2D eigenvalue weighted by Crippen LogP contribution is -2.42. The molecular weight excluding hydrogens is 222 g/mol. The molecule has 1 aromatic carbocycles. The Morgan fingerprint density at radius 3 is 2.72 bits per heavy atom. The normalized spacial score (nSPS) is 12.5. The van der Waals surface area contributed by atoms with Crippen molar-refractivity contribution >= 4 is 10.9 Å². The maximum absolute atomic E-state index is 5.68. The van der Waals surface area contributed by atoms with Crippen LogP contribution in [0.5, 0.6) is 0 Å². The Labute approximate surface area is 109 Å². The van der Waals surface area contributed by atoms with Crippen LogP contribution in [0.15, 0.2) is 30.5 Å². The molecule has 3 nitrogen and oxygen atoms in total. The Balaban J connectivity index is 2.19. The molecule has 1 aromatic heterocycles. The lowest BCUT2D eigenvalue weighted by Gasteiger charge is -2.35. The van der Waals surface area contributed by atoms with Crippen molar-refractivity contribution in [2.45, 2.75) is 32.4 Å². The summed E-state index contributed by atoms with van der Waals surface area (Å²) in [5.74, 6) is 0. The maximum Gasteiger partial charge on any atom is 0.0457 e. The van der Waals surface area contributed by atoms with E-state index in [9.17, 15) is 0 Å². The summed E-state index contributed by atoms with van der Waals surface area (Å²) in [4.78, 5) is 5.70. The highest BCUT2D eigenvalue weighted by molar-refractivity contribution is 5.82. The van der Waals surface area contributed by atoms with Gasteiger partial charge in [0.25, 0.3) is 0 Å². The van der Waals surface area contributed by atoms with Crippen molar-refractivity contribution in [1.29, 1.82) is 0 Å². The highest BCUT2D eigenvalue weighted by Gasteiger charge is 2.23. The second kappa shape index (κ2) is 5.12. The zero-order valence-electron chi connectivity index (χ0n) is 11.5. The monoisotopic (exact) mass is 245 g/mol. The standard InChI is InChI=1S/C15H23N3/c1-15(2,8-9-16)18(3)11-12-10-17-14-7-5-4-6-13(12)14/h4-7,10,17H,8-9,11,16H2,1-3H3. The van der Waals surface area contributed by atoms with Gasteiger partial charge in [-0.3, -0.25) is 4.90 Å². The molecule has 1 heterocycles. The molecular formula is C15H23N3. The summed E-state index contributed by atoms with van der Waals surface area (Å²) in [5, 5.41) is 1.31. The number of nitrogens with zero attached hydrogens (tertiary/aromatic N) is 1. The summed E-state index contributed by atoms with van der Waals surface area (Å²) < 4.78 is 0. The molecule has 0 atom stereocenters. The third-order valence-corrected chi connectivity index (χ3v) is 3.87. The Kier molecular flexibility index (Phi) is 3.73. The first kappa shape index (κ1) is 13.1. The predicted molar refractivity (Wildman–Crippen MR) is 77.5 cm³/mol. The Bertz CT molecular complexity index is 513. The molecule has 0 spiro atoms. The van der Waals surface area contributed by atoms with Gasteiger partial charge in [-0.25, -0.2) is 0 Å². The Morgan fingerprint density at radius 1 is 1.28 bits per heavy atom. The molecule has 0 fully saturated rings. The summed E-state index contributed by atoms with van der Waals surface area (Å²) in [6.45, 7) is 6.16. The van der Waals surface area contributed by atoms with E-state index in [1.54, 1.807) is 0 Å². The quantitative estimate of drug-likeness (QED) is 0.850. The second-order valence-electron chi connectivity index (χ2n) is 5.57. The molecule has 2 aromatic rings. The van der Waals surface area contributed by atoms with Gasteiger partial charge in [-0.15, -0.1) is 0 Å². The average Bonchev–Trinajstić information content (AvgIpc) is 2.73. The molecule has 98 valence electrons. The number of nitrogens with one attached hydrogen (secondary N) is 1. The zero-order chi connectivity index (χ0) is 13.2. The molecule has 0 saturated carbocycles. The molecule has 2 rings (SSSR count). The first-order valence-corrected chi connectivity index (χ1v) is 6.51. The number of benzene rings is 1. The summed E-state index contributed by atoms with van der Waals surface area (Å²) >= 11 is 0. The van der Waals surface area contributed by atoms with E-state index in [-0.39, 0.29) is 5.54 Å². The number of hydrogen-bond donors (Lipinski definition) is 2. The molecule has 0 aliphatic heterocycles. The van der Waals surface area contributed by atoms with Crippen LogP contribution in [-0.4, -0.2) is 29.0 Å². The van der Waals surface area contributed by atoms with Gasteiger partial charge in [-0.2, -0.15) is 0 Å². The summed E-state index contributed by atoms with van der Waals surface area (Å²) in [6.07, 6.45) is 3.12. The van der Waals surface area contributed by atoms with Crippen LogP contribution in [0.3, 0.4) is 0 Å². The number of rotatable bonds is 5. The van der Waals surface area contributed by atoms with Crippen LogP contribution in [0.1, 0.15) is 25.8 Å². The second-order valence-corrected chi connectivity index (χ2v) is 5.57. The van der Waals surface area contributed by atoms with E-state index in [4.69, 9.17) is 5.73 Å². The molecule has 18 heavy (non-hydrogen) atoms. The minimum absolute atomic E-state index is 0.132. The van der Waals surface area contributed by atoms with Crippen molar-refractivity contribution in [2.75, 3.05) is 13.6 Å². The van der Waals surface area contributed by atoms with E-state index in [0.29, 0.717) is 0 Å². The van der Waals surface area contributed by atoms with Crippen molar-refractivity contribution in [3.63, 3.8) is 0 Å². The molecule has 0 unspecified atom stereocenters. The number of para-hydroxylation sites is 1. The zero-order valence-corrected chi connectivity index (χ0v) is 11.5. The van der Waals surface area contributed by atoms with Crippen LogP contribution >= 0.6 is 0 Å². The van der Waals surface area contributed by atoms with Gasteiger partial charge in [-0.1, -0.05) is 18.2 Å². The summed E-state index contributed by atoms with van der Waals surface area (Å²) in [6, 6.07) is 8.43. The molecule has 3 heteroatoms. The van der Waals surface area contributed by atoms with Crippen LogP contribution in [0.2, 0.25) is 0 Å². The molecule has 0 aliphatic rings. The van der Waals surface area contributed by atoms with Gasteiger partial charge < -0.3 is 10.7 Å². The van der Waals surface area contributed by atoms with E-state index in [1.165, 1.54) is 16.5 Å². The SMILES string of the molecule is CN(Cc1c[nH]c2ccccc12)C(C)(C)CCN. The molecule has 0 aliphatic carbocycles. The van der Waals surface area contributed by atoms with E-state index in [1.807, 2.05) is 0 Å². The largest absolute Gasteiger partial charge is 0.361 e. The van der Waals surface area contributed by atoms with Gasteiger partial charge in [0.15, 0.2) is 0 Å². The number of H-pyrrole nitrogens is 1. The first-order valence-electron chi connectivity index (χ1n) is 6.51. The minimum atomic E-state index is 0.132. The number of nitrogens with two attached hydrogens (primary N) is 1. The van der Waals surface area contributed by atoms with Crippen molar-refractivity contribution in [3.8, 4) is 0 Å². The van der Waals surface area contributed by atoms with Crippen LogP contribution in [-0.2, 0) is 6.54 Å². The maximum atomic E-state index is 5.68. The number of fused-ring (bicyclic) bond motifs is 1. The fraction of sp³-hybridized carbons (Fsp3) is 0.467. The first-order chi connectivity index (χ1) is 8.54.